The van der Waals surface area contributed by atoms with Crippen molar-refractivity contribution in [3.63, 3.8) is 0 Å². The fourth-order valence-electron chi connectivity index (χ4n) is 3.10. The van der Waals surface area contributed by atoms with Crippen molar-refractivity contribution in [3.8, 4) is 0 Å². The second-order valence-corrected chi connectivity index (χ2v) is 8.54. The summed E-state index contributed by atoms with van der Waals surface area (Å²) < 4.78 is 0. The van der Waals surface area contributed by atoms with Crippen molar-refractivity contribution in [2.24, 2.45) is 4.99 Å². The molecule has 0 aromatic carbocycles. The van der Waals surface area contributed by atoms with Gasteiger partial charge in [-0.3, -0.25) is 9.89 Å². The molecule has 5 nitrogen and oxygen atoms in total. The Kier molecular flexibility index (Phi) is 8.19. The Morgan fingerprint density at radius 3 is 2.56 bits per heavy atom. The van der Waals surface area contributed by atoms with Crippen LogP contribution in [0.5, 0.6) is 0 Å². The fraction of sp³-hybridized carbons (Fsp3) is 0.737. The zero-order valence-corrected chi connectivity index (χ0v) is 17.3. The van der Waals surface area contributed by atoms with Crippen LogP contribution in [0.2, 0.25) is 0 Å². The first kappa shape index (κ1) is 20.2. The van der Waals surface area contributed by atoms with E-state index in [1.54, 1.807) is 0 Å². The van der Waals surface area contributed by atoms with Gasteiger partial charge < -0.3 is 15.5 Å². The number of aryl methyl sites for hydroxylation is 1. The number of thiophene rings is 1. The lowest BCUT2D eigenvalue weighted by atomic mass is 10.2. The van der Waals surface area contributed by atoms with Gasteiger partial charge in [-0.15, -0.1) is 11.3 Å². The van der Waals surface area contributed by atoms with Crippen LogP contribution in [0.15, 0.2) is 17.1 Å². The molecule has 2 unspecified atom stereocenters. The van der Waals surface area contributed by atoms with Crippen LogP contribution in [0, 0.1) is 6.92 Å². The number of rotatable bonds is 7. The molecule has 1 aliphatic rings. The number of hydrogen-bond acceptors (Lipinski definition) is 4. The number of hydrogen-bond donors (Lipinski definition) is 2. The smallest absolute Gasteiger partial charge is 0.191 e. The number of nitrogens with one attached hydrogen (secondary N) is 2. The molecule has 1 aromatic heterocycles. The van der Waals surface area contributed by atoms with Crippen molar-refractivity contribution in [3.05, 3.63) is 21.9 Å². The molecule has 0 bridgehead atoms. The van der Waals surface area contributed by atoms with Gasteiger partial charge in [-0.1, -0.05) is 0 Å². The molecule has 1 fully saturated rings. The molecule has 0 radical (unpaired) electrons. The van der Waals surface area contributed by atoms with Crippen molar-refractivity contribution in [2.75, 3.05) is 46.3 Å². The second-order valence-electron chi connectivity index (χ2n) is 7.17. The van der Waals surface area contributed by atoms with Crippen LogP contribution in [0.25, 0.3) is 0 Å². The van der Waals surface area contributed by atoms with E-state index in [2.05, 4.69) is 67.3 Å². The zero-order chi connectivity index (χ0) is 18.2. The average molecular weight is 366 g/mol. The molecule has 2 heterocycles. The third kappa shape index (κ3) is 6.96. The maximum atomic E-state index is 4.84. The van der Waals surface area contributed by atoms with Crippen LogP contribution in [0.3, 0.4) is 0 Å². The van der Waals surface area contributed by atoms with E-state index in [0.717, 1.165) is 51.6 Å². The Balaban J connectivity index is 1.84. The van der Waals surface area contributed by atoms with Gasteiger partial charge in [0.15, 0.2) is 5.96 Å². The van der Waals surface area contributed by atoms with Gasteiger partial charge in [0, 0.05) is 61.0 Å². The molecule has 0 aliphatic carbocycles. The molecule has 25 heavy (non-hydrogen) atoms. The molecular formula is C19H35N5S. The Bertz CT molecular complexity index is 534. The minimum absolute atomic E-state index is 0.370. The van der Waals surface area contributed by atoms with E-state index in [-0.39, 0.29) is 0 Å². The van der Waals surface area contributed by atoms with E-state index in [1.165, 1.54) is 9.75 Å². The summed E-state index contributed by atoms with van der Waals surface area (Å²) in [6, 6.07) is 5.29. The van der Waals surface area contributed by atoms with Crippen LogP contribution in [0.4, 0.5) is 0 Å². The standard InChI is InChI=1S/C19H35N5S/c1-6-20-19(22-15(2)13-18-8-7-17(4)25-18)21-14-16(3)24-11-9-23(5)10-12-24/h7-8,15-16H,6,9-14H2,1-5H3,(H2,20,21,22). The molecule has 0 spiro atoms. The molecular weight excluding hydrogens is 330 g/mol. The van der Waals surface area contributed by atoms with E-state index >= 15 is 0 Å². The first-order valence-electron chi connectivity index (χ1n) is 9.50. The first-order chi connectivity index (χ1) is 12.0. The van der Waals surface area contributed by atoms with Crippen molar-refractivity contribution in [1.29, 1.82) is 0 Å². The maximum absolute atomic E-state index is 4.84. The van der Waals surface area contributed by atoms with Gasteiger partial charge in [0.25, 0.3) is 0 Å². The lowest BCUT2D eigenvalue weighted by Gasteiger charge is -2.36. The third-order valence-electron chi connectivity index (χ3n) is 4.71. The highest BCUT2D eigenvalue weighted by Gasteiger charge is 2.19. The lowest BCUT2D eigenvalue weighted by Crippen LogP contribution is -2.49. The monoisotopic (exact) mass is 365 g/mol. The quantitative estimate of drug-likeness (QED) is 0.574. The Hall–Kier alpha value is -1.11. The number of piperazine rings is 1. The molecule has 0 saturated carbocycles. The highest BCUT2D eigenvalue weighted by molar-refractivity contribution is 7.11. The topological polar surface area (TPSA) is 42.9 Å². The zero-order valence-electron chi connectivity index (χ0n) is 16.5. The predicted octanol–water partition coefficient (Wildman–Crippen LogP) is 2.18. The predicted molar refractivity (Wildman–Crippen MR) is 110 cm³/mol. The average Bonchev–Trinajstić information content (AvgIpc) is 2.98. The van der Waals surface area contributed by atoms with E-state index in [1.807, 2.05) is 11.3 Å². The Morgan fingerprint density at radius 2 is 1.96 bits per heavy atom. The minimum atomic E-state index is 0.370. The molecule has 1 aliphatic heterocycles. The molecule has 1 aromatic rings. The van der Waals surface area contributed by atoms with Gasteiger partial charge >= 0.3 is 0 Å². The van der Waals surface area contributed by atoms with Crippen LogP contribution in [-0.2, 0) is 6.42 Å². The molecule has 6 heteroatoms. The molecule has 0 amide bonds. The van der Waals surface area contributed by atoms with Gasteiger partial charge in [0.1, 0.15) is 0 Å². The Labute approximate surface area is 157 Å². The lowest BCUT2D eigenvalue weighted by molar-refractivity contribution is 0.122. The Morgan fingerprint density at radius 1 is 1.24 bits per heavy atom. The minimum Gasteiger partial charge on any atom is -0.357 e. The van der Waals surface area contributed by atoms with Gasteiger partial charge in [-0.05, 0) is 46.9 Å². The molecule has 1 saturated heterocycles. The summed E-state index contributed by atoms with van der Waals surface area (Å²) in [5.41, 5.74) is 0. The normalized spacial score (nSPS) is 19.6. The van der Waals surface area contributed by atoms with Crippen molar-refractivity contribution in [2.45, 2.75) is 46.2 Å². The van der Waals surface area contributed by atoms with E-state index < -0.39 is 0 Å². The summed E-state index contributed by atoms with van der Waals surface area (Å²) in [6.45, 7) is 15.1. The third-order valence-corrected chi connectivity index (χ3v) is 5.73. The molecule has 2 atom stereocenters. The van der Waals surface area contributed by atoms with Crippen molar-refractivity contribution in [1.82, 2.24) is 20.4 Å². The molecule has 2 N–H and O–H groups in total. The molecule has 2 rings (SSSR count). The van der Waals surface area contributed by atoms with E-state index in [9.17, 15) is 0 Å². The van der Waals surface area contributed by atoms with Gasteiger partial charge in [-0.25, -0.2) is 0 Å². The summed E-state index contributed by atoms with van der Waals surface area (Å²) >= 11 is 1.88. The largest absolute Gasteiger partial charge is 0.357 e. The summed E-state index contributed by atoms with van der Waals surface area (Å²) in [5, 5.41) is 6.95. The van der Waals surface area contributed by atoms with E-state index in [0.29, 0.717) is 12.1 Å². The summed E-state index contributed by atoms with van der Waals surface area (Å²) in [6.07, 6.45) is 1.04. The number of nitrogens with zero attached hydrogens (tertiary/aromatic N) is 3. The number of guanidine groups is 1. The highest BCUT2D eigenvalue weighted by atomic mass is 32.1. The summed E-state index contributed by atoms with van der Waals surface area (Å²) in [5.74, 6) is 0.934. The number of likely N-dealkylation sites (N-methyl/N-ethyl adjacent to an activating group) is 1. The van der Waals surface area contributed by atoms with Crippen LogP contribution < -0.4 is 10.6 Å². The summed E-state index contributed by atoms with van der Waals surface area (Å²) in [4.78, 5) is 12.6. The van der Waals surface area contributed by atoms with Gasteiger partial charge in [0.2, 0.25) is 0 Å². The van der Waals surface area contributed by atoms with Crippen LogP contribution in [0.1, 0.15) is 30.5 Å². The fourth-order valence-corrected chi connectivity index (χ4v) is 4.12. The van der Waals surface area contributed by atoms with Gasteiger partial charge in [0.05, 0.1) is 6.54 Å². The first-order valence-corrected chi connectivity index (χ1v) is 10.3. The maximum Gasteiger partial charge on any atom is 0.191 e. The van der Waals surface area contributed by atoms with Crippen molar-refractivity contribution >= 4 is 17.3 Å². The van der Waals surface area contributed by atoms with E-state index in [4.69, 9.17) is 4.99 Å². The second kappa shape index (κ2) is 10.1. The van der Waals surface area contributed by atoms with Gasteiger partial charge in [-0.2, -0.15) is 0 Å². The number of aliphatic imine (C=N–C) groups is 1. The van der Waals surface area contributed by atoms with Crippen molar-refractivity contribution < 1.29 is 0 Å². The SMILES string of the molecule is CCNC(=NCC(C)N1CCN(C)CC1)NC(C)Cc1ccc(C)s1. The highest BCUT2D eigenvalue weighted by Crippen LogP contribution is 2.16. The van der Waals surface area contributed by atoms with Crippen LogP contribution in [-0.4, -0.2) is 74.2 Å². The molecule has 142 valence electrons. The van der Waals surface area contributed by atoms with Crippen LogP contribution >= 0.6 is 11.3 Å². The summed E-state index contributed by atoms with van der Waals surface area (Å²) in [7, 11) is 2.20.